The molecule has 1 aliphatic rings. The van der Waals surface area contributed by atoms with Crippen LogP contribution in [-0.2, 0) is 16.1 Å². The second-order valence-corrected chi connectivity index (χ2v) is 6.51. The lowest BCUT2D eigenvalue weighted by Crippen LogP contribution is -2.58. The van der Waals surface area contributed by atoms with Crippen LogP contribution in [0.2, 0.25) is 0 Å². The minimum atomic E-state index is -1.02. The van der Waals surface area contributed by atoms with Crippen molar-refractivity contribution in [2.75, 3.05) is 12.0 Å². The third-order valence-electron chi connectivity index (χ3n) is 4.18. The summed E-state index contributed by atoms with van der Waals surface area (Å²) in [5.74, 6) is -1.14. The van der Waals surface area contributed by atoms with Crippen LogP contribution < -0.4 is 15.0 Å². The van der Waals surface area contributed by atoms with Gasteiger partial charge >= 0.3 is 0 Å². The number of aliphatic imine (C=N–C) groups is 1. The van der Waals surface area contributed by atoms with Gasteiger partial charge in [0.05, 0.1) is 19.3 Å². The van der Waals surface area contributed by atoms with E-state index in [2.05, 4.69) is 10.3 Å². The fraction of sp³-hybridized carbons (Fsp3) is 0.200. The molecule has 1 heterocycles. The molecule has 0 bridgehead atoms. The first-order valence-corrected chi connectivity index (χ1v) is 8.79. The maximum atomic E-state index is 12.8. The van der Waals surface area contributed by atoms with Crippen LogP contribution in [-0.4, -0.2) is 30.3 Å². The third-order valence-corrected chi connectivity index (χ3v) is 4.47. The molecule has 7 heteroatoms. The number of rotatable bonds is 5. The largest absolute Gasteiger partial charge is 0.497 e. The Labute approximate surface area is 162 Å². The lowest BCUT2D eigenvalue weighted by Gasteiger charge is -2.31. The van der Waals surface area contributed by atoms with Gasteiger partial charge in [0, 0.05) is 6.21 Å². The zero-order valence-corrected chi connectivity index (χ0v) is 15.8. The molecule has 1 aliphatic heterocycles. The van der Waals surface area contributed by atoms with Crippen LogP contribution in [0.15, 0.2) is 53.5 Å². The van der Waals surface area contributed by atoms with Gasteiger partial charge in [0.1, 0.15) is 5.75 Å². The van der Waals surface area contributed by atoms with E-state index in [4.69, 9.17) is 17.0 Å². The summed E-state index contributed by atoms with van der Waals surface area (Å²) in [4.78, 5) is 30.7. The van der Waals surface area contributed by atoms with Gasteiger partial charge in [0.25, 0.3) is 5.91 Å². The number of ether oxygens (including phenoxy) is 1. The Balaban J connectivity index is 1.75. The second kappa shape index (κ2) is 8.09. The molecule has 2 aromatic carbocycles. The molecule has 2 amide bonds. The highest BCUT2D eigenvalue weighted by atomic mass is 32.1. The zero-order chi connectivity index (χ0) is 19.4. The Morgan fingerprint density at radius 2 is 1.81 bits per heavy atom. The first-order valence-electron chi connectivity index (χ1n) is 8.38. The van der Waals surface area contributed by atoms with Gasteiger partial charge in [0.2, 0.25) is 5.91 Å². The number of hydrogen-bond acceptors (Lipinski definition) is 5. The van der Waals surface area contributed by atoms with Crippen molar-refractivity contribution >= 4 is 41.0 Å². The van der Waals surface area contributed by atoms with Crippen molar-refractivity contribution in [3.05, 3.63) is 59.7 Å². The quantitative estimate of drug-likeness (QED) is 0.491. The van der Waals surface area contributed by atoms with Gasteiger partial charge in [-0.15, -0.1) is 0 Å². The van der Waals surface area contributed by atoms with Crippen molar-refractivity contribution in [2.45, 2.75) is 13.5 Å². The minimum Gasteiger partial charge on any atom is -0.497 e. The molecule has 0 saturated carbocycles. The summed E-state index contributed by atoms with van der Waals surface area (Å²) in [6, 6.07) is 14.8. The van der Waals surface area contributed by atoms with Crippen molar-refractivity contribution in [3.8, 4) is 5.75 Å². The SMILES string of the molecule is COc1ccc(CN=C[C@@H]2C(=O)NC(=S)N(c3ccc(C)cc3)C2=O)cc1. The van der Waals surface area contributed by atoms with Gasteiger partial charge in [0.15, 0.2) is 11.0 Å². The summed E-state index contributed by atoms with van der Waals surface area (Å²) >= 11 is 5.18. The molecule has 0 radical (unpaired) electrons. The van der Waals surface area contributed by atoms with Gasteiger partial charge in [-0.25, -0.2) is 0 Å². The summed E-state index contributed by atoms with van der Waals surface area (Å²) in [7, 11) is 1.60. The average molecular weight is 381 g/mol. The molecule has 1 N–H and O–H groups in total. The average Bonchev–Trinajstić information content (AvgIpc) is 2.66. The predicted molar refractivity (Wildman–Crippen MR) is 108 cm³/mol. The number of hydrogen-bond donors (Lipinski definition) is 1. The number of carbonyl (C=O) groups excluding carboxylic acids is 2. The monoisotopic (exact) mass is 381 g/mol. The fourth-order valence-corrected chi connectivity index (χ4v) is 2.95. The predicted octanol–water partition coefficient (Wildman–Crippen LogP) is 2.64. The molecule has 27 heavy (non-hydrogen) atoms. The highest BCUT2D eigenvalue weighted by Gasteiger charge is 2.38. The first kappa shape index (κ1) is 18.7. The van der Waals surface area contributed by atoms with E-state index in [9.17, 15) is 9.59 Å². The van der Waals surface area contributed by atoms with Gasteiger partial charge in [-0.2, -0.15) is 0 Å². The van der Waals surface area contributed by atoms with Crippen molar-refractivity contribution < 1.29 is 14.3 Å². The van der Waals surface area contributed by atoms with Crippen molar-refractivity contribution in [1.82, 2.24) is 5.32 Å². The molecule has 138 valence electrons. The second-order valence-electron chi connectivity index (χ2n) is 6.12. The van der Waals surface area contributed by atoms with E-state index in [1.807, 2.05) is 43.3 Å². The summed E-state index contributed by atoms with van der Waals surface area (Å²) in [5, 5.41) is 2.65. The lowest BCUT2D eigenvalue weighted by molar-refractivity contribution is -0.130. The molecule has 1 fully saturated rings. The van der Waals surface area contributed by atoms with Gasteiger partial charge in [-0.1, -0.05) is 29.8 Å². The van der Waals surface area contributed by atoms with Crippen molar-refractivity contribution in [3.63, 3.8) is 0 Å². The van der Waals surface area contributed by atoms with Gasteiger partial charge < -0.3 is 10.1 Å². The van der Waals surface area contributed by atoms with Crippen LogP contribution >= 0.6 is 12.2 Å². The zero-order valence-electron chi connectivity index (χ0n) is 15.0. The summed E-state index contributed by atoms with van der Waals surface area (Å²) in [6.45, 7) is 2.31. The summed E-state index contributed by atoms with van der Waals surface area (Å²) in [5.41, 5.74) is 2.63. The van der Waals surface area contributed by atoms with E-state index in [0.29, 0.717) is 12.2 Å². The molecule has 1 atom stereocenters. The van der Waals surface area contributed by atoms with E-state index in [0.717, 1.165) is 16.9 Å². The van der Waals surface area contributed by atoms with Crippen LogP contribution in [0.3, 0.4) is 0 Å². The van der Waals surface area contributed by atoms with Crippen LogP contribution in [0.25, 0.3) is 0 Å². The normalized spacial score (nSPS) is 17.3. The maximum Gasteiger partial charge on any atom is 0.251 e. The Morgan fingerprint density at radius 1 is 1.15 bits per heavy atom. The molecular formula is C20H19N3O3S. The number of aryl methyl sites for hydroxylation is 1. The Bertz CT molecular complexity index is 892. The molecule has 0 spiro atoms. The van der Waals surface area contributed by atoms with Crippen molar-refractivity contribution in [2.24, 2.45) is 10.9 Å². The van der Waals surface area contributed by atoms with Crippen LogP contribution in [0.5, 0.6) is 5.75 Å². The summed E-state index contributed by atoms with van der Waals surface area (Å²) in [6.07, 6.45) is 1.38. The molecule has 3 rings (SSSR count). The highest BCUT2D eigenvalue weighted by molar-refractivity contribution is 7.80. The maximum absolute atomic E-state index is 12.8. The fourth-order valence-electron chi connectivity index (χ4n) is 2.65. The van der Waals surface area contributed by atoms with E-state index >= 15 is 0 Å². The molecular weight excluding hydrogens is 362 g/mol. The van der Waals surface area contributed by atoms with Gasteiger partial charge in [-0.3, -0.25) is 19.5 Å². The Morgan fingerprint density at radius 3 is 2.44 bits per heavy atom. The van der Waals surface area contributed by atoms with Crippen LogP contribution in [0.1, 0.15) is 11.1 Å². The van der Waals surface area contributed by atoms with Crippen LogP contribution in [0, 0.1) is 12.8 Å². The Kier molecular flexibility index (Phi) is 5.61. The lowest BCUT2D eigenvalue weighted by atomic mass is 10.1. The standard InChI is InChI=1S/C20H19N3O3S/c1-13-3-7-15(8-4-13)23-19(25)17(18(24)22-20(23)27)12-21-11-14-5-9-16(26-2)10-6-14/h3-10,12,17H,11H2,1-2H3,(H,22,24,27)/t17-/m1/s1. The van der Waals surface area contributed by atoms with Crippen molar-refractivity contribution in [1.29, 1.82) is 0 Å². The molecule has 0 unspecified atom stereocenters. The minimum absolute atomic E-state index is 0.0775. The van der Waals surface area contributed by atoms with Gasteiger partial charge in [-0.05, 0) is 49.0 Å². The number of amides is 2. The first-order chi connectivity index (χ1) is 13.0. The number of carbonyl (C=O) groups is 2. The molecule has 0 aromatic heterocycles. The van der Waals surface area contributed by atoms with E-state index in [-0.39, 0.29) is 5.11 Å². The number of benzene rings is 2. The number of nitrogens with one attached hydrogen (secondary N) is 1. The smallest absolute Gasteiger partial charge is 0.251 e. The number of anilines is 1. The van der Waals surface area contributed by atoms with E-state index in [1.54, 1.807) is 19.2 Å². The van der Waals surface area contributed by atoms with E-state index in [1.165, 1.54) is 11.1 Å². The Hall–Kier alpha value is -3.06. The topological polar surface area (TPSA) is 71.0 Å². The van der Waals surface area contributed by atoms with Crippen LogP contribution in [0.4, 0.5) is 5.69 Å². The highest BCUT2D eigenvalue weighted by Crippen LogP contribution is 2.21. The number of methoxy groups -OCH3 is 1. The summed E-state index contributed by atoms with van der Waals surface area (Å²) < 4.78 is 5.11. The number of nitrogens with zero attached hydrogens (tertiary/aromatic N) is 2. The van der Waals surface area contributed by atoms with E-state index < -0.39 is 17.7 Å². The molecule has 1 saturated heterocycles. The number of thiocarbonyl (C=S) groups is 1. The molecule has 2 aromatic rings. The third kappa shape index (κ3) is 4.20. The molecule has 6 nitrogen and oxygen atoms in total. The molecule has 0 aliphatic carbocycles.